The van der Waals surface area contributed by atoms with E-state index in [1.165, 1.54) is 0 Å². The number of rotatable bonds is 4. The Kier molecular flexibility index (Phi) is 4.39. The quantitative estimate of drug-likeness (QED) is 0.804. The molecule has 1 amide bonds. The fraction of sp³-hybridized carbons (Fsp3) is 0.105. The van der Waals surface area contributed by atoms with Gasteiger partial charge in [-0.2, -0.15) is 5.26 Å². The lowest BCUT2D eigenvalue weighted by Crippen LogP contribution is -2.23. The monoisotopic (exact) mass is 316 g/mol. The van der Waals surface area contributed by atoms with Crippen LogP contribution in [0, 0.1) is 18.3 Å². The third kappa shape index (κ3) is 3.18. The van der Waals surface area contributed by atoms with Crippen LogP contribution < -0.4 is 5.32 Å². The van der Waals surface area contributed by atoms with E-state index in [9.17, 15) is 4.79 Å². The van der Waals surface area contributed by atoms with E-state index in [0.29, 0.717) is 17.7 Å². The lowest BCUT2D eigenvalue weighted by atomic mass is 10.1. The summed E-state index contributed by atoms with van der Waals surface area (Å²) in [5, 5.41) is 11.9. The first-order valence-corrected chi connectivity index (χ1v) is 7.55. The van der Waals surface area contributed by atoms with E-state index in [2.05, 4.69) is 10.3 Å². The predicted octanol–water partition coefficient (Wildman–Crippen LogP) is 2.98. The highest BCUT2D eigenvalue weighted by molar-refractivity contribution is 5.96. The van der Waals surface area contributed by atoms with E-state index in [-0.39, 0.29) is 5.91 Å². The van der Waals surface area contributed by atoms with Crippen LogP contribution in [0.25, 0.3) is 5.69 Å². The molecule has 3 aromatic rings. The van der Waals surface area contributed by atoms with Crippen LogP contribution in [0.5, 0.6) is 0 Å². The van der Waals surface area contributed by atoms with Crippen LogP contribution in [0.1, 0.15) is 27.3 Å². The predicted molar refractivity (Wildman–Crippen MR) is 90.6 cm³/mol. The first-order chi connectivity index (χ1) is 11.7. The topological polar surface area (TPSA) is 70.7 Å². The Morgan fingerprint density at radius 2 is 1.96 bits per heavy atom. The Bertz CT molecular complexity index is 904. The molecule has 0 saturated carbocycles. The Balaban J connectivity index is 1.68. The zero-order valence-corrected chi connectivity index (χ0v) is 13.2. The van der Waals surface area contributed by atoms with Gasteiger partial charge in [-0.15, -0.1) is 0 Å². The van der Waals surface area contributed by atoms with Gasteiger partial charge in [0.1, 0.15) is 5.82 Å². The van der Waals surface area contributed by atoms with Crippen LogP contribution in [0.3, 0.4) is 0 Å². The van der Waals surface area contributed by atoms with Gasteiger partial charge in [0.05, 0.1) is 17.2 Å². The minimum absolute atomic E-state index is 0.248. The van der Waals surface area contributed by atoms with Gasteiger partial charge in [-0.3, -0.25) is 4.79 Å². The number of hydrogen-bond acceptors (Lipinski definition) is 3. The summed E-state index contributed by atoms with van der Waals surface area (Å²) in [5.74, 6) is 0.672. The van der Waals surface area contributed by atoms with Crippen molar-refractivity contribution in [1.82, 2.24) is 14.9 Å². The smallest absolute Gasteiger partial charge is 0.252 e. The molecule has 5 heteroatoms. The number of aromatic nitrogens is 2. The fourth-order valence-corrected chi connectivity index (χ4v) is 2.48. The highest BCUT2D eigenvalue weighted by Gasteiger charge is 2.10. The van der Waals surface area contributed by atoms with Gasteiger partial charge in [0.15, 0.2) is 0 Å². The molecule has 5 nitrogen and oxygen atoms in total. The number of nitrogens with one attached hydrogen (secondary N) is 1. The third-order valence-electron chi connectivity index (χ3n) is 3.79. The Morgan fingerprint density at radius 1 is 1.21 bits per heavy atom. The molecule has 1 aromatic heterocycles. The van der Waals surface area contributed by atoms with Crippen molar-refractivity contribution in [3.05, 3.63) is 83.4 Å². The molecule has 0 spiro atoms. The lowest BCUT2D eigenvalue weighted by Gasteiger charge is -2.09. The molecule has 3 rings (SSSR count). The van der Waals surface area contributed by atoms with Crippen molar-refractivity contribution in [3.63, 3.8) is 0 Å². The summed E-state index contributed by atoms with van der Waals surface area (Å²) >= 11 is 0. The van der Waals surface area contributed by atoms with Crippen molar-refractivity contribution in [2.75, 3.05) is 0 Å². The fourth-order valence-electron chi connectivity index (χ4n) is 2.48. The van der Waals surface area contributed by atoms with Gasteiger partial charge in [0, 0.05) is 24.6 Å². The highest BCUT2D eigenvalue weighted by atomic mass is 16.1. The maximum Gasteiger partial charge on any atom is 0.252 e. The van der Waals surface area contributed by atoms with Gasteiger partial charge in [-0.25, -0.2) is 4.98 Å². The van der Waals surface area contributed by atoms with E-state index in [4.69, 9.17) is 5.26 Å². The Morgan fingerprint density at radius 3 is 2.62 bits per heavy atom. The number of benzene rings is 2. The molecule has 0 unspecified atom stereocenters. The van der Waals surface area contributed by atoms with Crippen LogP contribution in [0.2, 0.25) is 0 Å². The number of carbonyl (C=O) groups is 1. The molecule has 0 aliphatic heterocycles. The van der Waals surface area contributed by atoms with Crippen molar-refractivity contribution in [2.45, 2.75) is 13.5 Å². The molecule has 0 aliphatic carbocycles. The number of hydrogen-bond donors (Lipinski definition) is 1. The molecule has 0 radical (unpaired) electrons. The zero-order chi connectivity index (χ0) is 16.9. The molecule has 0 saturated heterocycles. The summed E-state index contributed by atoms with van der Waals surface area (Å²) in [7, 11) is 0. The molecule has 0 atom stereocenters. The average Bonchev–Trinajstić information content (AvgIpc) is 3.06. The number of amides is 1. The van der Waals surface area contributed by atoms with Crippen LogP contribution in [0.15, 0.2) is 60.9 Å². The Hall–Kier alpha value is -3.39. The van der Waals surface area contributed by atoms with E-state index in [1.54, 1.807) is 30.5 Å². The molecule has 2 aromatic carbocycles. The minimum Gasteiger partial charge on any atom is -0.348 e. The molecule has 1 N–H and O–H groups in total. The average molecular weight is 316 g/mol. The molecule has 0 fully saturated rings. The summed E-state index contributed by atoms with van der Waals surface area (Å²) in [5.41, 5.74) is 2.78. The molecule has 1 heterocycles. The molecule has 118 valence electrons. The van der Waals surface area contributed by atoms with Gasteiger partial charge in [-0.05, 0) is 36.8 Å². The van der Waals surface area contributed by atoms with Gasteiger partial charge in [-0.1, -0.05) is 24.3 Å². The summed E-state index contributed by atoms with van der Waals surface area (Å²) < 4.78 is 1.99. The van der Waals surface area contributed by atoms with Crippen molar-refractivity contribution < 1.29 is 4.79 Å². The number of imidazole rings is 1. The maximum atomic E-state index is 12.2. The number of nitrogens with zero attached hydrogens (tertiary/aromatic N) is 3. The van der Waals surface area contributed by atoms with Gasteiger partial charge in [0.2, 0.25) is 0 Å². The van der Waals surface area contributed by atoms with E-state index in [0.717, 1.165) is 17.1 Å². The van der Waals surface area contributed by atoms with E-state index >= 15 is 0 Å². The second-order valence-corrected chi connectivity index (χ2v) is 5.35. The second kappa shape index (κ2) is 6.80. The summed E-state index contributed by atoms with van der Waals surface area (Å²) in [6.07, 6.45) is 3.67. The SMILES string of the molecule is Cc1nccn1-c1ccc(CNC(=O)c2ccccc2C#N)cc1. The molecule has 0 aliphatic rings. The zero-order valence-electron chi connectivity index (χ0n) is 13.2. The Labute approximate surface area is 140 Å². The van der Waals surface area contributed by atoms with Crippen molar-refractivity contribution in [2.24, 2.45) is 0 Å². The molecular formula is C19H16N4O. The first kappa shape index (κ1) is 15.5. The van der Waals surface area contributed by atoms with Crippen LogP contribution in [0.4, 0.5) is 0 Å². The van der Waals surface area contributed by atoms with E-state index < -0.39 is 0 Å². The van der Waals surface area contributed by atoms with Crippen molar-refractivity contribution >= 4 is 5.91 Å². The highest BCUT2D eigenvalue weighted by Crippen LogP contribution is 2.12. The van der Waals surface area contributed by atoms with Gasteiger partial charge >= 0.3 is 0 Å². The maximum absolute atomic E-state index is 12.2. The molecular weight excluding hydrogens is 300 g/mol. The second-order valence-electron chi connectivity index (χ2n) is 5.35. The standard InChI is InChI=1S/C19H16N4O/c1-14-21-10-11-23(14)17-8-6-15(7-9-17)13-22-19(24)18-5-3-2-4-16(18)12-20/h2-11H,13H2,1H3,(H,22,24). The summed E-state index contributed by atoms with van der Waals surface area (Å²) in [4.78, 5) is 16.4. The molecule has 24 heavy (non-hydrogen) atoms. The van der Waals surface area contributed by atoms with E-state index in [1.807, 2.05) is 48.0 Å². The van der Waals surface area contributed by atoms with Crippen LogP contribution >= 0.6 is 0 Å². The van der Waals surface area contributed by atoms with Crippen molar-refractivity contribution in [1.29, 1.82) is 5.26 Å². The van der Waals surface area contributed by atoms with Crippen molar-refractivity contribution in [3.8, 4) is 11.8 Å². The minimum atomic E-state index is -0.248. The lowest BCUT2D eigenvalue weighted by molar-refractivity contribution is 0.0950. The van der Waals surface area contributed by atoms with Crippen LogP contribution in [-0.4, -0.2) is 15.5 Å². The first-order valence-electron chi connectivity index (χ1n) is 7.55. The number of nitriles is 1. The van der Waals surface area contributed by atoms with Crippen LogP contribution in [-0.2, 0) is 6.54 Å². The summed E-state index contributed by atoms with van der Waals surface area (Å²) in [6, 6.07) is 16.7. The van der Waals surface area contributed by atoms with Gasteiger partial charge < -0.3 is 9.88 Å². The normalized spacial score (nSPS) is 10.2. The summed E-state index contributed by atoms with van der Waals surface area (Å²) in [6.45, 7) is 2.35. The largest absolute Gasteiger partial charge is 0.348 e. The molecule has 0 bridgehead atoms. The van der Waals surface area contributed by atoms with Gasteiger partial charge in [0.25, 0.3) is 5.91 Å². The third-order valence-corrected chi connectivity index (χ3v) is 3.79. The number of aryl methyl sites for hydroxylation is 1. The number of carbonyl (C=O) groups excluding carboxylic acids is 1.